The molecular formula is C18H19BrN2O5. The minimum atomic E-state index is -0.656. The lowest BCUT2D eigenvalue weighted by atomic mass is 10.2. The van der Waals surface area contributed by atoms with Crippen molar-refractivity contribution in [1.29, 1.82) is 0 Å². The highest BCUT2D eigenvalue weighted by Crippen LogP contribution is 2.28. The summed E-state index contributed by atoms with van der Waals surface area (Å²) < 4.78 is 16.0. The van der Waals surface area contributed by atoms with E-state index in [0.29, 0.717) is 30.8 Å². The Balaban J connectivity index is 1.50. The Kier molecular flexibility index (Phi) is 5.82. The first-order valence-electron chi connectivity index (χ1n) is 8.16. The van der Waals surface area contributed by atoms with Gasteiger partial charge < -0.3 is 23.7 Å². The molecule has 1 aromatic heterocycles. The quantitative estimate of drug-likeness (QED) is 0.689. The Labute approximate surface area is 159 Å². The van der Waals surface area contributed by atoms with Gasteiger partial charge in [-0.3, -0.25) is 4.79 Å². The first-order valence-corrected chi connectivity index (χ1v) is 8.96. The molecule has 1 aliphatic heterocycles. The minimum absolute atomic E-state index is 0.0608. The number of benzene rings is 1. The summed E-state index contributed by atoms with van der Waals surface area (Å²) in [7, 11) is 1.64. The van der Waals surface area contributed by atoms with Crippen molar-refractivity contribution in [2.45, 2.75) is 0 Å². The number of esters is 1. The summed E-state index contributed by atoms with van der Waals surface area (Å²) in [6.07, 6.45) is 0. The Bertz CT molecular complexity index is 783. The highest BCUT2D eigenvalue weighted by atomic mass is 79.9. The van der Waals surface area contributed by atoms with Crippen molar-refractivity contribution in [3.05, 3.63) is 46.8 Å². The lowest BCUT2D eigenvalue weighted by Crippen LogP contribution is -2.50. The van der Waals surface area contributed by atoms with Gasteiger partial charge in [0.1, 0.15) is 5.75 Å². The average Bonchev–Trinajstić information content (AvgIpc) is 3.12. The van der Waals surface area contributed by atoms with Gasteiger partial charge in [0.2, 0.25) is 5.76 Å². The summed E-state index contributed by atoms with van der Waals surface area (Å²) in [5, 5.41) is 0. The Hall–Kier alpha value is -2.48. The molecule has 1 fully saturated rings. The minimum Gasteiger partial charge on any atom is -0.495 e. The molecule has 0 N–H and O–H groups in total. The number of anilines is 1. The summed E-state index contributed by atoms with van der Waals surface area (Å²) >= 11 is 3.11. The Morgan fingerprint density at radius 1 is 1.12 bits per heavy atom. The molecule has 2 aromatic rings. The van der Waals surface area contributed by atoms with Crippen molar-refractivity contribution in [3.8, 4) is 5.75 Å². The second-order valence-corrected chi connectivity index (χ2v) is 6.50. The normalized spacial score (nSPS) is 14.2. The van der Waals surface area contributed by atoms with E-state index in [9.17, 15) is 9.59 Å². The van der Waals surface area contributed by atoms with Gasteiger partial charge in [0.05, 0.1) is 12.8 Å². The predicted octanol–water partition coefficient (Wildman–Crippen LogP) is 2.56. The number of hydrogen-bond donors (Lipinski definition) is 0. The molecule has 0 atom stereocenters. The smallest absolute Gasteiger partial charge is 0.374 e. The average molecular weight is 423 g/mol. The third-order valence-corrected chi connectivity index (χ3v) is 4.59. The molecule has 0 radical (unpaired) electrons. The monoisotopic (exact) mass is 422 g/mol. The van der Waals surface area contributed by atoms with Gasteiger partial charge >= 0.3 is 5.97 Å². The van der Waals surface area contributed by atoms with Gasteiger partial charge in [-0.2, -0.15) is 0 Å². The Morgan fingerprint density at radius 3 is 2.50 bits per heavy atom. The molecule has 1 aromatic carbocycles. The van der Waals surface area contributed by atoms with E-state index in [1.54, 1.807) is 18.1 Å². The lowest BCUT2D eigenvalue weighted by molar-refractivity contribution is -0.134. The molecule has 0 saturated carbocycles. The van der Waals surface area contributed by atoms with Crippen LogP contribution in [0.3, 0.4) is 0 Å². The molecule has 1 aliphatic rings. The number of amides is 1. The van der Waals surface area contributed by atoms with E-state index in [4.69, 9.17) is 13.9 Å². The van der Waals surface area contributed by atoms with E-state index in [2.05, 4.69) is 20.8 Å². The maximum atomic E-state index is 12.3. The van der Waals surface area contributed by atoms with Crippen molar-refractivity contribution in [2.24, 2.45) is 0 Å². The fourth-order valence-electron chi connectivity index (χ4n) is 2.80. The van der Waals surface area contributed by atoms with Gasteiger partial charge in [0.25, 0.3) is 5.91 Å². The van der Waals surface area contributed by atoms with E-state index in [0.717, 1.165) is 11.4 Å². The molecule has 8 heteroatoms. The van der Waals surface area contributed by atoms with E-state index in [1.165, 1.54) is 6.07 Å². The fraction of sp³-hybridized carbons (Fsp3) is 0.333. The van der Waals surface area contributed by atoms with E-state index >= 15 is 0 Å². The molecule has 0 aliphatic carbocycles. The van der Waals surface area contributed by atoms with Crippen molar-refractivity contribution >= 4 is 33.5 Å². The molecule has 0 unspecified atom stereocenters. The predicted molar refractivity (Wildman–Crippen MR) is 98.5 cm³/mol. The van der Waals surface area contributed by atoms with Crippen LogP contribution in [0.4, 0.5) is 5.69 Å². The lowest BCUT2D eigenvalue weighted by Gasteiger charge is -2.36. The largest absolute Gasteiger partial charge is 0.495 e. The zero-order valence-corrected chi connectivity index (χ0v) is 15.9. The standard InChI is InChI=1S/C18H19BrN2O5/c1-24-14-5-3-2-4-13(14)20-8-10-21(11-9-20)17(22)12-25-18(23)15-6-7-16(19)26-15/h2-7H,8-12H2,1H3. The first kappa shape index (κ1) is 18.3. The van der Waals surface area contributed by atoms with Crippen molar-refractivity contribution < 1.29 is 23.5 Å². The van der Waals surface area contributed by atoms with Crippen molar-refractivity contribution in [2.75, 3.05) is 44.8 Å². The summed E-state index contributed by atoms with van der Waals surface area (Å²) in [6.45, 7) is 2.18. The number of para-hydroxylation sites is 2. The second-order valence-electron chi connectivity index (χ2n) is 5.72. The maximum absolute atomic E-state index is 12.3. The van der Waals surface area contributed by atoms with Crippen LogP contribution in [0.2, 0.25) is 0 Å². The molecule has 3 rings (SSSR count). The van der Waals surface area contributed by atoms with Crippen molar-refractivity contribution in [1.82, 2.24) is 4.90 Å². The fourth-order valence-corrected chi connectivity index (χ4v) is 3.11. The number of carbonyl (C=O) groups excluding carboxylic acids is 2. The van der Waals surface area contributed by atoms with Crippen LogP contribution in [0.25, 0.3) is 0 Å². The SMILES string of the molecule is COc1ccccc1N1CCN(C(=O)COC(=O)c2ccc(Br)o2)CC1. The topological polar surface area (TPSA) is 72.2 Å². The third-order valence-electron chi connectivity index (χ3n) is 4.16. The summed E-state index contributed by atoms with van der Waals surface area (Å²) in [6, 6.07) is 10.9. The van der Waals surface area contributed by atoms with Gasteiger partial charge in [-0.05, 0) is 40.2 Å². The maximum Gasteiger partial charge on any atom is 0.374 e. The molecule has 2 heterocycles. The van der Waals surface area contributed by atoms with Gasteiger partial charge in [-0.25, -0.2) is 4.79 Å². The highest BCUT2D eigenvalue weighted by molar-refractivity contribution is 9.10. The van der Waals surface area contributed by atoms with Gasteiger partial charge in [0, 0.05) is 26.2 Å². The molecule has 1 saturated heterocycles. The zero-order valence-electron chi connectivity index (χ0n) is 14.3. The Morgan fingerprint density at radius 2 is 1.85 bits per heavy atom. The van der Waals surface area contributed by atoms with Crippen LogP contribution in [0.1, 0.15) is 10.6 Å². The van der Waals surface area contributed by atoms with Crippen LogP contribution in [-0.2, 0) is 9.53 Å². The van der Waals surface area contributed by atoms with Crippen molar-refractivity contribution in [3.63, 3.8) is 0 Å². The number of nitrogens with zero attached hydrogens (tertiary/aromatic N) is 2. The number of piperazine rings is 1. The van der Waals surface area contributed by atoms with Gasteiger partial charge in [0.15, 0.2) is 11.3 Å². The molecule has 0 spiro atoms. The van der Waals surface area contributed by atoms with Crippen LogP contribution < -0.4 is 9.64 Å². The number of carbonyl (C=O) groups is 2. The molecule has 1 amide bonds. The number of furan rings is 1. The summed E-state index contributed by atoms with van der Waals surface area (Å²) in [5.74, 6) is -0.00293. The van der Waals surface area contributed by atoms with E-state index in [1.807, 2.05) is 24.3 Å². The summed E-state index contributed by atoms with van der Waals surface area (Å²) in [4.78, 5) is 28.0. The van der Waals surface area contributed by atoms with E-state index < -0.39 is 5.97 Å². The number of halogens is 1. The molecule has 7 nitrogen and oxygen atoms in total. The highest BCUT2D eigenvalue weighted by Gasteiger charge is 2.24. The number of ether oxygens (including phenoxy) is 2. The zero-order chi connectivity index (χ0) is 18.5. The molecular weight excluding hydrogens is 404 g/mol. The van der Waals surface area contributed by atoms with Crippen LogP contribution in [0.5, 0.6) is 5.75 Å². The van der Waals surface area contributed by atoms with Gasteiger partial charge in [-0.1, -0.05) is 12.1 Å². The number of hydrogen-bond acceptors (Lipinski definition) is 6. The molecule has 138 valence electrons. The van der Waals surface area contributed by atoms with Crippen LogP contribution in [-0.4, -0.2) is 56.7 Å². The van der Waals surface area contributed by atoms with Gasteiger partial charge in [-0.15, -0.1) is 0 Å². The molecule has 26 heavy (non-hydrogen) atoms. The number of methoxy groups -OCH3 is 1. The van der Waals surface area contributed by atoms with Crippen LogP contribution in [0, 0.1) is 0 Å². The van der Waals surface area contributed by atoms with E-state index in [-0.39, 0.29) is 18.3 Å². The third kappa shape index (κ3) is 4.19. The summed E-state index contributed by atoms with van der Waals surface area (Å²) in [5.41, 5.74) is 1.01. The second kappa shape index (κ2) is 8.27. The number of rotatable bonds is 5. The van der Waals surface area contributed by atoms with Crippen LogP contribution >= 0.6 is 15.9 Å². The first-order chi connectivity index (χ1) is 12.6. The molecule has 0 bridgehead atoms. The van der Waals surface area contributed by atoms with Crippen LogP contribution in [0.15, 0.2) is 45.5 Å².